The Hall–Kier alpha value is -2.14. The first-order valence-electron chi connectivity index (χ1n) is 10.1. The smallest absolute Gasteiger partial charge is 0.410 e. The van der Waals surface area contributed by atoms with E-state index >= 15 is 0 Å². The molecular formula is C26H20Cl5NO2. The third-order valence-electron chi connectivity index (χ3n) is 4.89. The summed E-state index contributed by atoms with van der Waals surface area (Å²) in [5.41, 5.74) is 1.76. The van der Waals surface area contributed by atoms with Crippen LogP contribution in [0.2, 0.25) is 10.0 Å². The van der Waals surface area contributed by atoms with Gasteiger partial charge in [-0.15, -0.1) is 0 Å². The van der Waals surface area contributed by atoms with Gasteiger partial charge in [-0.25, -0.2) is 4.79 Å². The van der Waals surface area contributed by atoms with Crippen LogP contribution in [-0.4, -0.2) is 16.9 Å². The van der Waals surface area contributed by atoms with E-state index in [1.54, 1.807) is 30.3 Å². The average molecular weight is 556 g/mol. The van der Waals surface area contributed by atoms with Gasteiger partial charge in [0, 0.05) is 22.5 Å². The van der Waals surface area contributed by atoms with E-state index in [9.17, 15) is 4.79 Å². The van der Waals surface area contributed by atoms with E-state index in [4.69, 9.17) is 62.7 Å². The summed E-state index contributed by atoms with van der Waals surface area (Å²) >= 11 is 30.1. The third kappa shape index (κ3) is 7.18. The number of hydrogen-bond donors (Lipinski definition) is 1. The summed E-state index contributed by atoms with van der Waals surface area (Å²) in [6, 6.07) is 27.9. The van der Waals surface area contributed by atoms with Crippen LogP contribution >= 0.6 is 58.0 Å². The number of rotatable bonds is 3. The molecular weight excluding hydrogens is 536 g/mol. The molecule has 0 aromatic heterocycles. The molecule has 0 saturated heterocycles. The molecule has 8 heteroatoms. The van der Waals surface area contributed by atoms with Crippen LogP contribution in [0.1, 0.15) is 17.0 Å². The van der Waals surface area contributed by atoms with Crippen molar-refractivity contribution in [3.05, 3.63) is 112 Å². The van der Waals surface area contributed by atoms with Crippen LogP contribution in [0.25, 0.3) is 10.8 Å². The van der Waals surface area contributed by atoms with Crippen molar-refractivity contribution in [2.24, 2.45) is 0 Å². The molecule has 176 valence electrons. The van der Waals surface area contributed by atoms with Gasteiger partial charge in [-0.3, -0.25) is 0 Å². The Kier molecular flexibility index (Phi) is 9.35. The van der Waals surface area contributed by atoms with Gasteiger partial charge in [0.2, 0.25) is 3.79 Å². The summed E-state index contributed by atoms with van der Waals surface area (Å²) < 4.78 is 3.67. The Bertz CT molecular complexity index is 1190. The first kappa shape index (κ1) is 26.5. The standard InChI is InChI=1S/C14H9Cl5.C12H11NO2/c15-11-5-1-9(2-6-11)13(14(17,18)19)10-3-7-12(16)8-4-10;1-13-12(14)15-11-8-4-6-9-5-2-3-7-10(9)11/h1-8,13H;2-8H,1H3,(H,13,14). The molecule has 0 aliphatic heterocycles. The van der Waals surface area contributed by atoms with Crippen molar-refractivity contribution < 1.29 is 9.53 Å². The summed E-state index contributed by atoms with van der Waals surface area (Å²) in [4.78, 5) is 11.1. The second-order valence-electron chi connectivity index (χ2n) is 7.19. The largest absolute Gasteiger partial charge is 0.412 e. The predicted molar refractivity (Wildman–Crippen MR) is 144 cm³/mol. The number of amides is 1. The van der Waals surface area contributed by atoms with Gasteiger partial charge < -0.3 is 10.1 Å². The molecule has 3 nitrogen and oxygen atoms in total. The maximum atomic E-state index is 11.1. The third-order valence-corrected chi connectivity index (χ3v) is 6.05. The van der Waals surface area contributed by atoms with E-state index in [-0.39, 0.29) is 5.92 Å². The van der Waals surface area contributed by atoms with Crippen LogP contribution in [0, 0.1) is 0 Å². The highest BCUT2D eigenvalue weighted by Crippen LogP contribution is 2.45. The number of halogens is 5. The lowest BCUT2D eigenvalue weighted by molar-refractivity contribution is 0.203. The molecule has 0 atom stereocenters. The van der Waals surface area contributed by atoms with Crippen LogP contribution in [0.15, 0.2) is 91.0 Å². The molecule has 0 aliphatic rings. The Balaban J connectivity index is 0.000000196. The molecule has 1 amide bonds. The van der Waals surface area contributed by atoms with E-state index in [1.165, 1.54) is 7.05 Å². The zero-order valence-electron chi connectivity index (χ0n) is 17.9. The second-order valence-corrected chi connectivity index (χ2v) is 10.4. The molecule has 0 saturated carbocycles. The van der Waals surface area contributed by atoms with Gasteiger partial charge in [0.25, 0.3) is 0 Å². The Labute approximate surface area is 223 Å². The molecule has 34 heavy (non-hydrogen) atoms. The van der Waals surface area contributed by atoms with E-state index in [0.717, 1.165) is 21.9 Å². The summed E-state index contributed by atoms with van der Waals surface area (Å²) in [6.45, 7) is 0. The molecule has 0 bridgehead atoms. The molecule has 0 heterocycles. The van der Waals surface area contributed by atoms with Crippen molar-refractivity contribution in [1.29, 1.82) is 0 Å². The van der Waals surface area contributed by atoms with Gasteiger partial charge in [-0.2, -0.15) is 0 Å². The summed E-state index contributed by atoms with van der Waals surface area (Å²) in [7, 11) is 1.54. The van der Waals surface area contributed by atoms with Crippen LogP contribution in [0.4, 0.5) is 4.79 Å². The van der Waals surface area contributed by atoms with Crippen LogP contribution < -0.4 is 10.1 Å². The zero-order valence-corrected chi connectivity index (χ0v) is 21.7. The molecule has 0 spiro atoms. The second kappa shape index (κ2) is 12.0. The number of hydrogen-bond acceptors (Lipinski definition) is 2. The van der Waals surface area contributed by atoms with E-state index in [2.05, 4.69) is 5.32 Å². The normalized spacial score (nSPS) is 11.0. The van der Waals surface area contributed by atoms with E-state index in [0.29, 0.717) is 15.8 Å². The van der Waals surface area contributed by atoms with Gasteiger partial charge in [0.1, 0.15) is 5.75 Å². The lowest BCUT2D eigenvalue weighted by atomic mass is 9.92. The number of benzene rings is 4. The minimum absolute atomic E-state index is 0.382. The molecule has 4 rings (SSSR count). The number of alkyl halides is 3. The lowest BCUT2D eigenvalue weighted by Crippen LogP contribution is -2.22. The van der Waals surface area contributed by atoms with Gasteiger partial charge in [0.15, 0.2) is 0 Å². The van der Waals surface area contributed by atoms with E-state index < -0.39 is 9.89 Å². The topological polar surface area (TPSA) is 38.3 Å². The Morgan fingerprint density at radius 1 is 0.765 bits per heavy atom. The van der Waals surface area contributed by atoms with E-state index in [1.807, 2.05) is 60.7 Å². The number of nitrogens with one attached hydrogen (secondary N) is 1. The minimum Gasteiger partial charge on any atom is -0.410 e. The van der Waals surface area contributed by atoms with Gasteiger partial charge >= 0.3 is 6.09 Å². The van der Waals surface area contributed by atoms with Crippen LogP contribution in [0.5, 0.6) is 5.75 Å². The summed E-state index contributed by atoms with van der Waals surface area (Å²) in [5.74, 6) is 0.194. The lowest BCUT2D eigenvalue weighted by Gasteiger charge is -2.25. The number of fused-ring (bicyclic) bond motifs is 1. The fraction of sp³-hybridized carbons (Fsp3) is 0.115. The Morgan fingerprint density at radius 2 is 1.26 bits per heavy atom. The van der Waals surface area contributed by atoms with Crippen molar-refractivity contribution >= 4 is 74.9 Å². The molecule has 4 aromatic carbocycles. The van der Waals surface area contributed by atoms with Crippen LogP contribution in [0.3, 0.4) is 0 Å². The number of carbonyl (C=O) groups is 1. The minimum atomic E-state index is -1.46. The molecule has 4 aromatic rings. The van der Waals surface area contributed by atoms with Crippen molar-refractivity contribution in [3.8, 4) is 5.75 Å². The van der Waals surface area contributed by atoms with Gasteiger partial charge in [0.05, 0.1) is 5.92 Å². The van der Waals surface area contributed by atoms with Crippen molar-refractivity contribution in [2.75, 3.05) is 7.05 Å². The van der Waals surface area contributed by atoms with Gasteiger partial charge in [-0.05, 0) is 46.8 Å². The molecule has 0 fully saturated rings. The highest BCUT2D eigenvalue weighted by molar-refractivity contribution is 6.68. The summed E-state index contributed by atoms with van der Waals surface area (Å²) in [5, 5.41) is 5.69. The number of carbonyl (C=O) groups excluding carboxylic acids is 1. The monoisotopic (exact) mass is 553 g/mol. The highest BCUT2D eigenvalue weighted by Gasteiger charge is 2.35. The summed E-state index contributed by atoms with van der Waals surface area (Å²) in [6.07, 6.45) is -0.452. The van der Waals surface area contributed by atoms with Crippen molar-refractivity contribution in [3.63, 3.8) is 0 Å². The quantitative estimate of drug-likeness (QED) is 0.256. The first-order chi connectivity index (χ1) is 16.2. The zero-order chi connectivity index (χ0) is 24.7. The van der Waals surface area contributed by atoms with Crippen molar-refractivity contribution in [2.45, 2.75) is 9.71 Å². The van der Waals surface area contributed by atoms with Crippen LogP contribution in [-0.2, 0) is 0 Å². The predicted octanol–water partition coefficient (Wildman–Crippen LogP) is 9.05. The maximum Gasteiger partial charge on any atom is 0.412 e. The average Bonchev–Trinajstić information content (AvgIpc) is 2.81. The van der Waals surface area contributed by atoms with Gasteiger partial charge in [-0.1, -0.05) is 119 Å². The molecule has 0 aliphatic carbocycles. The molecule has 0 unspecified atom stereocenters. The molecule has 1 N–H and O–H groups in total. The fourth-order valence-corrected chi connectivity index (χ4v) is 4.32. The Morgan fingerprint density at radius 3 is 1.76 bits per heavy atom. The number of ether oxygens (including phenoxy) is 1. The van der Waals surface area contributed by atoms with Crippen molar-refractivity contribution in [1.82, 2.24) is 5.32 Å². The molecule has 0 radical (unpaired) electrons. The highest BCUT2D eigenvalue weighted by atomic mass is 35.6. The SMILES string of the molecule is CNC(=O)Oc1cccc2ccccc12.Clc1ccc(C(c2ccc(Cl)cc2)C(Cl)(Cl)Cl)cc1. The first-order valence-corrected chi connectivity index (χ1v) is 12.0. The maximum absolute atomic E-state index is 11.1. The fourth-order valence-electron chi connectivity index (χ4n) is 3.32.